The summed E-state index contributed by atoms with van der Waals surface area (Å²) in [6.45, 7) is 1.44. The Morgan fingerprint density at radius 2 is 1.88 bits per heavy atom. The van der Waals surface area contributed by atoms with Crippen molar-refractivity contribution in [1.29, 1.82) is 0 Å². The minimum atomic E-state index is -0.0191. The van der Waals surface area contributed by atoms with Crippen molar-refractivity contribution >= 4 is 5.91 Å². The van der Waals surface area contributed by atoms with E-state index in [-0.39, 0.29) is 29.5 Å². The summed E-state index contributed by atoms with van der Waals surface area (Å²) in [5.74, 6) is 0.921. The van der Waals surface area contributed by atoms with Gasteiger partial charge in [-0.2, -0.15) is 5.10 Å². The highest BCUT2D eigenvalue weighted by molar-refractivity contribution is 5.79. The van der Waals surface area contributed by atoms with Crippen LogP contribution in [0.5, 0.6) is 0 Å². The minimum Gasteiger partial charge on any atom is -0.381 e. The van der Waals surface area contributed by atoms with Gasteiger partial charge in [-0.25, -0.2) is 4.68 Å². The van der Waals surface area contributed by atoms with Gasteiger partial charge in [-0.15, -0.1) is 0 Å². The number of piperidine rings is 1. The number of carbonyl (C=O) groups is 1. The number of aromatic nitrogens is 2. The number of likely N-dealkylation sites (tertiary alicyclic amines) is 1. The fraction of sp³-hybridized carbons (Fsp3) is 0.750. The van der Waals surface area contributed by atoms with E-state index < -0.39 is 0 Å². The van der Waals surface area contributed by atoms with Crippen LogP contribution in [-0.4, -0.2) is 46.9 Å². The molecule has 1 amide bonds. The lowest BCUT2D eigenvalue weighted by molar-refractivity contribution is -0.139. The van der Waals surface area contributed by atoms with E-state index in [0.717, 1.165) is 57.3 Å². The van der Waals surface area contributed by atoms with Crippen molar-refractivity contribution in [2.45, 2.75) is 69.4 Å². The first-order valence-electron chi connectivity index (χ1n) is 10.1. The zero-order chi connectivity index (χ0) is 18.1. The number of ether oxygens (including phenoxy) is 1. The molecule has 1 saturated heterocycles. The first kappa shape index (κ1) is 17.7. The third-order valence-corrected chi connectivity index (χ3v) is 6.27. The van der Waals surface area contributed by atoms with Crippen LogP contribution in [0.15, 0.2) is 16.9 Å². The SMILES string of the molecule is CO[C@@H]1CCC[C@@H](C(=O)N2CCC(n3nc(C4CC4)ccc3=O)CC2)C1. The Labute approximate surface area is 154 Å². The van der Waals surface area contributed by atoms with Crippen molar-refractivity contribution in [2.75, 3.05) is 20.2 Å². The van der Waals surface area contributed by atoms with Gasteiger partial charge in [-0.3, -0.25) is 9.59 Å². The number of nitrogens with zero attached hydrogens (tertiary/aromatic N) is 3. The molecule has 0 aromatic carbocycles. The molecule has 1 aromatic rings. The summed E-state index contributed by atoms with van der Waals surface area (Å²) < 4.78 is 7.14. The quantitative estimate of drug-likeness (QED) is 0.828. The molecule has 2 saturated carbocycles. The van der Waals surface area contributed by atoms with Crippen molar-refractivity contribution in [3.63, 3.8) is 0 Å². The molecule has 0 bridgehead atoms. The zero-order valence-corrected chi connectivity index (χ0v) is 15.6. The Hall–Kier alpha value is -1.69. The first-order chi connectivity index (χ1) is 12.7. The molecule has 6 heteroatoms. The molecule has 0 spiro atoms. The fourth-order valence-corrected chi connectivity index (χ4v) is 4.47. The molecule has 4 rings (SSSR count). The molecule has 0 unspecified atom stereocenters. The van der Waals surface area contributed by atoms with Crippen LogP contribution in [0.25, 0.3) is 0 Å². The van der Waals surface area contributed by atoms with Crippen LogP contribution in [0.3, 0.4) is 0 Å². The van der Waals surface area contributed by atoms with Crippen molar-refractivity contribution in [3.8, 4) is 0 Å². The number of hydrogen-bond donors (Lipinski definition) is 0. The Morgan fingerprint density at radius 3 is 2.58 bits per heavy atom. The summed E-state index contributed by atoms with van der Waals surface area (Å²) in [5, 5.41) is 4.62. The molecular weight excluding hydrogens is 330 g/mol. The van der Waals surface area contributed by atoms with Crippen molar-refractivity contribution in [2.24, 2.45) is 5.92 Å². The van der Waals surface area contributed by atoms with Gasteiger partial charge < -0.3 is 9.64 Å². The van der Waals surface area contributed by atoms with E-state index in [1.165, 1.54) is 12.8 Å². The standard InChI is InChI=1S/C20H29N3O3/c1-26-17-4-2-3-15(13-17)20(25)22-11-9-16(10-12-22)23-19(24)8-7-18(21-23)14-5-6-14/h7-8,14-17H,2-6,9-13H2,1H3/t15-,17-/m1/s1. The molecule has 0 radical (unpaired) electrons. The largest absolute Gasteiger partial charge is 0.381 e. The van der Waals surface area contributed by atoms with Gasteiger partial charge >= 0.3 is 0 Å². The van der Waals surface area contributed by atoms with Gasteiger partial charge in [0.15, 0.2) is 0 Å². The van der Waals surface area contributed by atoms with Crippen LogP contribution in [0.2, 0.25) is 0 Å². The Morgan fingerprint density at radius 1 is 1.12 bits per heavy atom. The predicted octanol–water partition coefficient (Wildman–Crippen LogP) is 2.49. The van der Waals surface area contributed by atoms with Crippen LogP contribution < -0.4 is 5.56 Å². The monoisotopic (exact) mass is 359 g/mol. The van der Waals surface area contributed by atoms with E-state index in [0.29, 0.717) is 5.92 Å². The van der Waals surface area contributed by atoms with Crippen LogP contribution in [0, 0.1) is 5.92 Å². The van der Waals surface area contributed by atoms with Crippen molar-refractivity contribution < 1.29 is 9.53 Å². The number of carbonyl (C=O) groups excluding carboxylic acids is 1. The van der Waals surface area contributed by atoms with Gasteiger partial charge in [-0.1, -0.05) is 6.42 Å². The lowest BCUT2D eigenvalue weighted by Crippen LogP contribution is -2.45. The van der Waals surface area contributed by atoms with Crippen molar-refractivity contribution in [3.05, 3.63) is 28.2 Å². The van der Waals surface area contributed by atoms with Crippen LogP contribution in [-0.2, 0) is 9.53 Å². The molecule has 3 fully saturated rings. The molecule has 2 atom stereocenters. The highest BCUT2D eigenvalue weighted by Gasteiger charge is 2.33. The van der Waals surface area contributed by atoms with Gasteiger partial charge in [0.25, 0.3) is 5.56 Å². The number of rotatable bonds is 4. The second-order valence-corrected chi connectivity index (χ2v) is 8.09. The second kappa shape index (κ2) is 7.51. The van der Waals surface area contributed by atoms with Gasteiger partial charge in [0.05, 0.1) is 17.8 Å². The second-order valence-electron chi connectivity index (χ2n) is 8.09. The number of amides is 1. The van der Waals surface area contributed by atoms with E-state index in [9.17, 15) is 9.59 Å². The third kappa shape index (κ3) is 3.70. The normalized spacial score (nSPS) is 27.5. The molecule has 26 heavy (non-hydrogen) atoms. The summed E-state index contributed by atoms with van der Waals surface area (Å²) in [4.78, 5) is 27.1. The van der Waals surface area contributed by atoms with E-state index in [1.54, 1.807) is 17.9 Å². The fourth-order valence-electron chi connectivity index (χ4n) is 4.47. The highest BCUT2D eigenvalue weighted by atomic mass is 16.5. The van der Waals surface area contributed by atoms with E-state index >= 15 is 0 Å². The molecule has 3 aliphatic rings. The highest BCUT2D eigenvalue weighted by Crippen LogP contribution is 2.38. The summed E-state index contributed by atoms with van der Waals surface area (Å²) in [6.07, 6.45) is 8.17. The first-order valence-corrected chi connectivity index (χ1v) is 10.1. The lowest BCUT2D eigenvalue weighted by Gasteiger charge is -2.36. The van der Waals surface area contributed by atoms with Gasteiger partial charge in [0.1, 0.15) is 0 Å². The molecule has 2 heterocycles. The molecule has 1 aliphatic heterocycles. The molecule has 0 N–H and O–H groups in total. The van der Waals surface area contributed by atoms with E-state index in [4.69, 9.17) is 4.74 Å². The maximum absolute atomic E-state index is 12.9. The average molecular weight is 359 g/mol. The van der Waals surface area contributed by atoms with Gasteiger partial charge in [0.2, 0.25) is 5.91 Å². The summed E-state index contributed by atoms with van der Waals surface area (Å²) in [5.41, 5.74) is 1.03. The lowest BCUT2D eigenvalue weighted by atomic mass is 9.85. The van der Waals surface area contributed by atoms with E-state index in [1.807, 2.05) is 11.0 Å². The molecule has 1 aromatic heterocycles. The Kier molecular flexibility index (Phi) is 5.11. The molecule has 6 nitrogen and oxygen atoms in total. The predicted molar refractivity (Wildman–Crippen MR) is 98.1 cm³/mol. The number of hydrogen-bond acceptors (Lipinski definition) is 4. The topological polar surface area (TPSA) is 64.4 Å². The Balaban J connectivity index is 1.37. The van der Waals surface area contributed by atoms with Crippen LogP contribution in [0.4, 0.5) is 0 Å². The van der Waals surface area contributed by atoms with Gasteiger partial charge in [0, 0.05) is 38.1 Å². The van der Waals surface area contributed by atoms with Crippen LogP contribution in [0.1, 0.15) is 69.0 Å². The summed E-state index contributed by atoms with van der Waals surface area (Å²) in [7, 11) is 1.74. The molecule has 2 aliphatic carbocycles. The summed E-state index contributed by atoms with van der Waals surface area (Å²) >= 11 is 0. The van der Waals surface area contributed by atoms with Crippen molar-refractivity contribution in [1.82, 2.24) is 14.7 Å². The maximum Gasteiger partial charge on any atom is 0.267 e. The Bertz CT molecular complexity index is 704. The molecule has 142 valence electrons. The van der Waals surface area contributed by atoms with Gasteiger partial charge in [-0.05, 0) is 51.0 Å². The third-order valence-electron chi connectivity index (χ3n) is 6.27. The number of methoxy groups -OCH3 is 1. The zero-order valence-electron chi connectivity index (χ0n) is 15.6. The maximum atomic E-state index is 12.9. The molecular formula is C20H29N3O3. The average Bonchev–Trinajstić information content (AvgIpc) is 3.53. The smallest absolute Gasteiger partial charge is 0.267 e. The minimum absolute atomic E-state index is 0.0191. The van der Waals surface area contributed by atoms with E-state index in [2.05, 4.69) is 5.10 Å². The summed E-state index contributed by atoms with van der Waals surface area (Å²) in [6, 6.07) is 3.65. The van der Waals surface area contributed by atoms with Crippen LogP contribution >= 0.6 is 0 Å².